The average molecular weight is 456 g/mol. The normalized spacial score (nSPS) is 19.9. The number of hydrogen-bond acceptors (Lipinski definition) is 5. The van der Waals surface area contributed by atoms with Gasteiger partial charge in [-0.3, -0.25) is 9.59 Å². The number of fused-ring (bicyclic) bond motifs is 1. The van der Waals surface area contributed by atoms with Crippen molar-refractivity contribution in [3.8, 4) is 0 Å². The lowest BCUT2D eigenvalue weighted by Gasteiger charge is -2.36. The fraction of sp³-hybridized carbons (Fsp3) is 0.333. The molecule has 1 aromatic carbocycles. The van der Waals surface area contributed by atoms with Crippen molar-refractivity contribution in [2.75, 3.05) is 6.54 Å². The molecule has 1 aliphatic rings. The molecule has 9 heteroatoms. The second kappa shape index (κ2) is 9.83. The van der Waals surface area contributed by atoms with Gasteiger partial charge in [0.25, 0.3) is 5.56 Å². The van der Waals surface area contributed by atoms with E-state index in [-0.39, 0.29) is 22.1 Å². The van der Waals surface area contributed by atoms with Crippen molar-refractivity contribution in [3.05, 3.63) is 70.2 Å². The Balaban J connectivity index is 0.000000243. The SMILES string of the molecule is CC(C)(C)CNC1C(C(=O)O)=CC=CC1(C)C(=O)O.O=C(O)c1c[nH]c(=O)c2ccccc12. The summed E-state index contributed by atoms with van der Waals surface area (Å²) >= 11 is 0. The van der Waals surface area contributed by atoms with E-state index in [1.54, 1.807) is 24.3 Å². The molecule has 0 fully saturated rings. The molecule has 5 N–H and O–H groups in total. The van der Waals surface area contributed by atoms with Gasteiger partial charge in [-0.05, 0) is 18.4 Å². The van der Waals surface area contributed by atoms with Gasteiger partial charge < -0.3 is 25.6 Å². The highest BCUT2D eigenvalue weighted by Gasteiger charge is 2.44. The van der Waals surface area contributed by atoms with Crippen LogP contribution in [0.25, 0.3) is 10.8 Å². The number of aromatic amines is 1. The zero-order valence-corrected chi connectivity index (χ0v) is 18.9. The summed E-state index contributed by atoms with van der Waals surface area (Å²) in [7, 11) is 0. The first kappa shape index (κ1) is 25.5. The van der Waals surface area contributed by atoms with Crippen LogP contribution in [0.15, 0.2) is 59.1 Å². The monoisotopic (exact) mass is 456 g/mol. The Kier molecular flexibility index (Phi) is 7.60. The summed E-state index contributed by atoms with van der Waals surface area (Å²) in [5.74, 6) is -3.18. The second-order valence-electron chi connectivity index (χ2n) is 9.13. The summed E-state index contributed by atoms with van der Waals surface area (Å²) in [5, 5.41) is 31.4. The van der Waals surface area contributed by atoms with E-state index in [0.29, 0.717) is 17.3 Å². The molecule has 1 heterocycles. The topological polar surface area (TPSA) is 157 Å². The van der Waals surface area contributed by atoms with E-state index in [9.17, 15) is 29.4 Å². The number of aliphatic carboxylic acids is 2. The summed E-state index contributed by atoms with van der Waals surface area (Å²) in [6.45, 7) is 8.06. The predicted octanol–water partition coefficient (Wildman–Crippen LogP) is 2.89. The smallest absolute Gasteiger partial charge is 0.337 e. The Morgan fingerprint density at radius 1 is 1.06 bits per heavy atom. The molecule has 176 valence electrons. The van der Waals surface area contributed by atoms with Crippen LogP contribution in [0.3, 0.4) is 0 Å². The molecule has 2 aromatic rings. The van der Waals surface area contributed by atoms with Crippen LogP contribution in [-0.2, 0) is 9.59 Å². The maximum atomic E-state index is 11.5. The van der Waals surface area contributed by atoms with Crippen molar-refractivity contribution in [1.29, 1.82) is 0 Å². The van der Waals surface area contributed by atoms with Gasteiger partial charge >= 0.3 is 17.9 Å². The predicted molar refractivity (Wildman–Crippen MR) is 123 cm³/mol. The molecular formula is C24H28N2O7. The molecule has 2 unspecified atom stereocenters. The number of carboxylic acids is 3. The Bertz CT molecular complexity index is 1190. The first-order chi connectivity index (χ1) is 15.3. The first-order valence-electron chi connectivity index (χ1n) is 10.2. The number of pyridine rings is 1. The van der Waals surface area contributed by atoms with E-state index in [2.05, 4.69) is 10.3 Å². The van der Waals surface area contributed by atoms with Crippen LogP contribution < -0.4 is 10.9 Å². The number of allylic oxidation sites excluding steroid dienone is 2. The van der Waals surface area contributed by atoms with E-state index < -0.39 is 29.4 Å². The zero-order valence-electron chi connectivity index (χ0n) is 18.9. The van der Waals surface area contributed by atoms with Crippen LogP contribution in [0.4, 0.5) is 0 Å². The molecule has 2 atom stereocenters. The van der Waals surface area contributed by atoms with E-state index in [0.717, 1.165) is 0 Å². The van der Waals surface area contributed by atoms with E-state index in [4.69, 9.17) is 5.11 Å². The summed E-state index contributed by atoms with van der Waals surface area (Å²) in [5.41, 5.74) is -1.40. The van der Waals surface area contributed by atoms with Gasteiger partial charge in [-0.1, -0.05) is 57.2 Å². The van der Waals surface area contributed by atoms with Crippen molar-refractivity contribution >= 4 is 28.7 Å². The number of nitrogens with one attached hydrogen (secondary N) is 2. The molecule has 0 spiro atoms. The molecule has 1 aliphatic carbocycles. The lowest BCUT2D eigenvalue weighted by Crippen LogP contribution is -2.52. The largest absolute Gasteiger partial charge is 0.481 e. The minimum Gasteiger partial charge on any atom is -0.481 e. The molecule has 0 saturated heterocycles. The lowest BCUT2D eigenvalue weighted by atomic mass is 9.75. The van der Waals surface area contributed by atoms with Crippen LogP contribution in [-0.4, -0.2) is 50.8 Å². The summed E-state index contributed by atoms with van der Waals surface area (Å²) in [4.78, 5) is 47.2. The Hall–Kier alpha value is -3.72. The van der Waals surface area contributed by atoms with Gasteiger partial charge in [-0.25, -0.2) is 9.59 Å². The molecule has 1 aromatic heterocycles. The maximum absolute atomic E-state index is 11.5. The highest BCUT2D eigenvalue weighted by Crippen LogP contribution is 2.33. The third-order valence-electron chi connectivity index (χ3n) is 5.21. The Morgan fingerprint density at radius 2 is 1.67 bits per heavy atom. The molecule has 9 nitrogen and oxygen atoms in total. The fourth-order valence-electron chi connectivity index (χ4n) is 3.37. The molecule has 0 saturated carbocycles. The molecule has 33 heavy (non-hydrogen) atoms. The van der Waals surface area contributed by atoms with Crippen LogP contribution in [0.1, 0.15) is 38.1 Å². The number of aromatic carboxylic acids is 1. The quantitative estimate of drug-likeness (QED) is 0.460. The Labute approximate surface area is 190 Å². The van der Waals surface area contributed by atoms with E-state index in [1.165, 1.54) is 31.3 Å². The second-order valence-corrected chi connectivity index (χ2v) is 9.13. The molecular weight excluding hydrogens is 428 g/mol. The number of carboxylic acid groups (broad SMARTS) is 3. The average Bonchev–Trinajstić information content (AvgIpc) is 2.72. The van der Waals surface area contributed by atoms with Crippen molar-refractivity contribution in [2.24, 2.45) is 10.8 Å². The van der Waals surface area contributed by atoms with Crippen LogP contribution in [0.5, 0.6) is 0 Å². The van der Waals surface area contributed by atoms with Gasteiger partial charge in [0, 0.05) is 23.5 Å². The number of carbonyl (C=O) groups is 3. The van der Waals surface area contributed by atoms with Gasteiger partial charge in [0.1, 0.15) is 5.41 Å². The lowest BCUT2D eigenvalue weighted by molar-refractivity contribution is -0.146. The van der Waals surface area contributed by atoms with Gasteiger partial charge in [-0.2, -0.15) is 0 Å². The summed E-state index contributed by atoms with van der Waals surface area (Å²) in [6.07, 6.45) is 5.69. The van der Waals surface area contributed by atoms with Gasteiger partial charge in [0.2, 0.25) is 0 Å². The maximum Gasteiger partial charge on any atom is 0.337 e. The third-order valence-corrected chi connectivity index (χ3v) is 5.21. The highest BCUT2D eigenvalue weighted by atomic mass is 16.4. The van der Waals surface area contributed by atoms with Crippen LogP contribution >= 0.6 is 0 Å². The van der Waals surface area contributed by atoms with Crippen molar-refractivity contribution < 1.29 is 29.7 Å². The number of rotatable bonds is 5. The Morgan fingerprint density at radius 3 is 2.18 bits per heavy atom. The molecule has 0 amide bonds. The summed E-state index contributed by atoms with van der Waals surface area (Å²) < 4.78 is 0. The van der Waals surface area contributed by atoms with E-state index >= 15 is 0 Å². The molecule has 0 aliphatic heterocycles. The highest BCUT2D eigenvalue weighted by molar-refractivity contribution is 6.02. The van der Waals surface area contributed by atoms with Crippen LogP contribution in [0.2, 0.25) is 0 Å². The number of benzene rings is 1. The number of aromatic nitrogens is 1. The third kappa shape index (κ3) is 5.95. The van der Waals surface area contributed by atoms with Crippen molar-refractivity contribution in [3.63, 3.8) is 0 Å². The first-order valence-corrected chi connectivity index (χ1v) is 10.2. The zero-order chi connectivity index (χ0) is 25.0. The van der Waals surface area contributed by atoms with Gasteiger partial charge in [0.05, 0.1) is 17.2 Å². The fourth-order valence-corrected chi connectivity index (χ4v) is 3.37. The van der Waals surface area contributed by atoms with Crippen LogP contribution in [0, 0.1) is 10.8 Å². The number of hydrogen-bond donors (Lipinski definition) is 5. The molecule has 0 bridgehead atoms. The van der Waals surface area contributed by atoms with Crippen molar-refractivity contribution in [1.82, 2.24) is 10.3 Å². The minimum absolute atomic E-state index is 0.0653. The van der Waals surface area contributed by atoms with Gasteiger partial charge in [-0.15, -0.1) is 0 Å². The molecule has 0 radical (unpaired) electrons. The number of H-pyrrole nitrogens is 1. The van der Waals surface area contributed by atoms with Crippen molar-refractivity contribution in [2.45, 2.75) is 33.7 Å². The summed E-state index contributed by atoms with van der Waals surface area (Å²) in [6, 6.07) is 5.87. The molecule has 3 rings (SSSR count). The minimum atomic E-state index is -1.26. The van der Waals surface area contributed by atoms with E-state index in [1.807, 2.05) is 20.8 Å². The van der Waals surface area contributed by atoms with Gasteiger partial charge in [0.15, 0.2) is 0 Å². The standard InChI is InChI=1S/C14H21NO4.C10H7NO3/c1-13(2,3)8-15-10-9(11(16)17)6-5-7-14(10,4)12(18)19;12-9-7-4-2-1-3-6(7)8(5-11-9)10(13)14/h5-7,10,15H,8H2,1-4H3,(H,16,17)(H,18,19);1-5H,(H,11,12)(H,13,14).